The molecule has 146 valence electrons. The molecule has 2 atom stereocenters. The fourth-order valence-corrected chi connectivity index (χ4v) is 4.08. The normalized spacial score (nSPS) is 18.4. The van der Waals surface area contributed by atoms with Crippen LogP contribution in [0.5, 0.6) is 0 Å². The first-order valence-corrected chi connectivity index (χ1v) is 10.2. The van der Waals surface area contributed by atoms with Crippen LogP contribution in [0.4, 0.5) is 0 Å². The number of ether oxygens (including phenoxy) is 3. The van der Waals surface area contributed by atoms with Gasteiger partial charge in [0.1, 0.15) is 11.0 Å². The van der Waals surface area contributed by atoms with Crippen molar-refractivity contribution < 1.29 is 23.2 Å². The molecule has 0 radical (unpaired) electrons. The maximum Gasteiger partial charge on any atom is 0.307 e. The van der Waals surface area contributed by atoms with Crippen molar-refractivity contribution in [3.63, 3.8) is 0 Å². The van der Waals surface area contributed by atoms with E-state index in [1.54, 1.807) is 0 Å². The predicted octanol–water partition coefficient (Wildman–Crippen LogP) is 2.86. The van der Waals surface area contributed by atoms with Crippen LogP contribution in [-0.4, -0.2) is 42.3 Å². The largest absolute Gasteiger partial charge is 0.469 e. The Bertz CT molecular complexity index is 598. The Morgan fingerprint density at radius 1 is 1.27 bits per heavy atom. The van der Waals surface area contributed by atoms with E-state index in [1.165, 1.54) is 7.11 Å². The average molecular weight is 384 g/mol. The van der Waals surface area contributed by atoms with Crippen LogP contribution in [0, 0.1) is 6.92 Å². The standard InChI is InChI=1S/C19H29NO5S/c1-4-10-19(24-12-13-25-19)11-9-16(14-18(21)23-3)20-26(22)17-7-5-15(2)6-8-17/h5-8,16,20H,4,9-14H2,1-3H3/t16-,26?/m0/s1. The van der Waals surface area contributed by atoms with Crippen molar-refractivity contribution in [2.24, 2.45) is 0 Å². The van der Waals surface area contributed by atoms with Crippen molar-refractivity contribution in [2.75, 3.05) is 20.3 Å². The molecule has 0 spiro atoms. The summed E-state index contributed by atoms with van der Waals surface area (Å²) < 4.78 is 32.1. The van der Waals surface area contributed by atoms with Gasteiger partial charge in [0.15, 0.2) is 5.79 Å². The zero-order chi connectivity index (χ0) is 19.0. The van der Waals surface area contributed by atoms with Crippen LogP contribution >= 0.6 is 0 Å². The third-order valence-electron chi connectivity index (χ3n) is 4.47. The van der Waals surface area contributed by atoms with Gasteiger partial charge in [-0.1, -0.05) is 31.0 Å². The fraction of sp³-hybridized carbons (Fsp3) is 0.632. The number of hydrogen-bond donors (Lipinski definition) is 1. The molecule has 1 aliphatic rings. The second-order valence-corrected chi connectivity index (χ2v) is 7.82. The number of benzene rings is 1. The van der Waals surface area contributed by atoms with E-state index in [1.807, 2.05) is 31.2 Å². The van der Waals surface area contributed by atoms with Crippen LogP contribution < -0.4 is 4.72 Å². The number of aryl methyl sites for hydroxylation is 1. The van der Waals surface area contributed by atoms with Crippen molar-refractivity contribution in [3.05, 3.63) is 29.8 Å². The predicted molar refractivity (Wildman–Crippen MR) is 99.9 cm³/mol. The number of methoxy groups -OCH3 is 1. The number of nitrogens with one attached hydrogen (secondary N) is 1. The number of rotatable bonds is 10. The van der Waals surface area contributed by atoms with Crippen molar-refractivity contribution in [2.45, 2.75) is 62.7 Å². The van der Waals surface area contributed by atoms with Gasteiger partial charge in [-0.25, -0.2) is 8.93 Å². The van der Waals surface area contributed by atoms with Crippen molar-refractivity contribution in [1.29, 1.82) is 0 Å². The van der Waals surface area contributed by atoms with Gasteiger partial charge in [0.2, 0.25) is 0 Å². The van der Waals surface area contributed by atoms with Gasteiger partial charge >= 0.3 is 5.97 Å². The summed E-state index contributed by atoms with van der Waals surface area (Å²) in [6.45, 7) is 5.24. The smallest absolute Gasteiger partial charge is 0.307 e. The Morgan fingerprint density at radius 2 is 1.92 bits per heavy atom. The van der Waals surface area contributed by atoms with E-state index >= 15 is 0 Å². The van der Waals surface area contributed by atoms with Crippen molar-refractivity contribution in [3.8, 4) is 0 Å². The molecule has 1 aromatic rings. The van der Waals surface area contributed by atoms with E-state index in [0.29, 0.717) is 31.0 Å². The Kier molecular flexibility index (Phi) is 8.21. The quantitative estimate of drug-likeness (QED) is 0.629. The van der Waals surface area contributed by atoms with E-state index in [-0.39, 0.29) is 18.4 Å². The van der Waals surface area contributed by atoms with Gasteiger partial charge in [0, 0.05) is 18.9 Å². The molecule has 7 heteroatoms. The first-order valence-electron chi connectivity index (χ1n) is 9.07. The summed E-state index contributed by atoms with van der Waals surface area (Å²) in [6, 6.07) is 7.21. The van der Waals surface area contributed by atoms with Gasteiger partial charge in [-0.15, -0.1) is 0 Å². The molecule has 1 fully saturated rings. The van der Waals surface area contributed by atoms with Gasteiger partial charge in [0.05, 0.1) is 31.6 Å². The molecular weight excluding hydrogens is 354 g/mol. The number of carbonyl (C=O) groups excluding carboxylic acids is 1. The molecule has 26 heavy (non-hydrogen) atoms. The molecule has 0 bridgehead atoms. The van der Waals surface area contributed by atoms with Crippen LogP contribution in [0.3, 0.4) is 0 Å². The Labute approximate surface area is 158 Å². The first kappa shape index (κ1) is 21.0. The minimum Gasteiger partial charge on any atom is -0.469 e. The highest BCUT2D eigenvalue weighted by Gasteiger charge is 2.36. The molecule has 6 nitrogen and oxygen atoms in total. The molecule has 0 amide bonds. The minimum absolute atomic E-state index is 0.149. The number of carbonyl (C=O) groups is 1. The molecule has 2 rings (SSSR count). The van der Waals surface area contributed by atoms with Gasteiger partial charge < -0.3 is 14.2 Å². The summed E-state index contributed by atoms with van der Waals surface area (Å²) in [4.78, 5) is 12.4. The van der Waals surface area contributed by atoms with Gasteiger partial charge in [-0.05, 0) is 25.5 Å². The summed E-state index contributed by atoms with van der Waals surface area (Å²) in [7, 11) is -0.0406. The molecule has 1 unspecified atom stereocenters. The molecule has 1 aliphatic heterocycles. The lowest BCUT2D eigenvalue weighted by Gasteiger charge is -2.29. The van der Waals surface area contributed by atoms with E-state index in [2.05, 4.69) is 11.6 Å². The SMILES string of the molecule is CCCC1(CC[C@@H](CC(=O)OC)NS(=O)c2ccc(C)cc2)OCCO1. The summed E-state index contributed by atoms with van der Waals surface area (Å²) in [5.74, 6) is -0.919. The highest BCUT2D eigenvalue weighted by atomic mass is 32.2. The lowest BCUT2D eigenvalue weighted by Crippen LogP contribution is -2.37. The zero-order valence-corrected chi connectivity index (χ0v) is 16.6. The second-order valence-electron chi connectivity index (χ2n) is 6.57. The van der Waals surface area contributed by atoms with E-state index < -0.39 is 16.8 Å². The average Bonchev–Trinajstić information content (AvgIpc) is 3.09. The molecule has 1 aromatic carbocycles. The molecule has 1 heterocycles. The van der Waals surface area contributed by atoms with Crippen molar-refractivity contribution in [1.82, 2.24) is 4.72 Å². The van der Waals surface area contributed by atoms with Crippen LogP contribution in [0.25, 0.3) is 0 Å². The topological polar surface area (TPSA) is 73.9 Å². The van der Waals surface area contributed by atoms with Crippen LogP contribution in [0.15, 0.2) is 29.2 Å². The number of hydrogen-bond acceptors (Lipinski definition) is 5. The van der Waals surface area contributed by atoms with Gasteiger partial charge in [0.25, 0.3) is 0 Å². The lowest BCUT2D eigenvalue weighted by atomic mass is 10.00. The van der Waals surface area contributed by atoms with E-state index in [0.717, 1.165) is 18.4 Å². The lowest BCUT2D eigenvalue weighted by molar-refractivity contribution is -0.169. The number of esters is 1. The minimum atomic E-state index is -1.40. The van der Waals surface area contributed by atoms with E-state index in [9.17, 15) is 9.00 Å². The maximum absolute atomic E-state index is 12.6. The Morgan fingerprint density at radius 3 is 2.50 bits per heavy atom. The third-order valence-corrected chi connectivity index (χ3v) is 5.72. The summed E-state index contributed by atoms with van der Waals surface area (Å²) in [5, 5.41) is 0. The molecule has 1 saturated heterocycles. The Balaban J connectivity index is 2.01. The fourth-order valence-electron chi connectivity index (χ4n) is 3.05. The first-order chi connectivity index (χ1) is 12.5. The zero-order valence-electron chi connectivity index (χ0n) is 15.8. The van der Waals surface area contributed by atoms with Gasteiger partial charge in [-0.2, -0.15) is 0 Å². The van der Waals surface area contributed by atoms with E-state index in [4.69, 9.17) is 14.2 Å². The molecule has 0 aromatic heterocycles. The molecule has 0 aliphatic carbocycles. The van der Waals surface area contributed by atoms with Gasteiger partial charge in [-0.3, -0.25) is 4.79 Å². The van der Waals surface area contributed by atoms with Crippen LogP contribution in [0.2, 0.25) is 0 Å². The highest BCUT2D eigenvalue weighted by Crippen LogP contribution is 2.31. The summed E-state index contributed by atoms with van der Waals surface area (Å²) >= 11 is 0. The highest BCUT2D eigenvalue weighted by molar-refractivity contribution is 7.83. The van der Waals surface area contributed by atoms with Crippen molar-refractivity contribution >= 4 is 17.0 Å². The summed E-state index contributed by atoms with van der Waals surface area (Å²) in [5.41, 5.74) is 1.11. The maximum atomic E-state index is 12.6. The molecular formula is C19H29NO5S. The molecule has 0 saturated carbocycles. The third kappa shape index (κ3) is 6.16. The van der Waals surface area contributed by atoms with Crippen LogP contribution in [-0.2, 0) is 30.0 Å². The summed E-state index contributed by atoms with van der Waals surface area (Å²) in [6.07, 6.45) is 3.15. The Hall–Kier alpha value is -1.28. The monoisotopic (exact) mass is 383 g/mol. The second kappa shape index (κ2) is 10.2. The molecule has 1 N–H and O–H groups in total. The van der Waals surface area contributed by atoms with Crippen LogP contribution in [0.1, 0.15) is 44.6 Å².